The molecule has 0 spiro atoms. The minimum Gasteiger partial charge on any atom is -0.330 e. The summed E-state index contributed by atoms with van der Waals surface area (Å²) in [6, 6.07) is 10.2. The lowest BCUT2D eigenvalue weighted by atomic mass is 10.1. The topological polar surface area (TPSA) is 46.1 Å². The predicted octanol–water partition coefficient (Wildman–Crippen LogP) is 2.92. The summed E-state index contributed by atoms with van der Waals surface area (Å²) in [5.41, 5.74) is 1.51. The molecular formula is C16H19N3O. The van der Waals surface area contributed by atoms with Gasteiger partial charge in [-0.15, -0.1) is 0 Å². The molecular weight excluding hydrogens is 250 g/mol. The van der Waals surface area contributed by atoms with Gasteiger partial charge < -0.3 is 4.90 Å². The highest BCUT2D eigenvalue weighted by molar-refractivity contribution is 5.92. The van der Waals surface area contributed by atoms with Gasteiger partial charge in [0, 0.05) is 25.0 Å². The summed E-state index contributed by atoms with van der Waals surface area (Å²) in [4.78, 5) is 22.5. The van der Waals surface area contributed by atoms with E-state index < -0.39 is 0 Å². The van der Waals surface area contributed by atoms with Gasteiger partial charge in [0.1, 0.15) is 5.69 Å². The second kappa shape index (κ2) is 6.80. The van der Waals surface area contributed by atoms with Crippen molar-refractivity contribution >= 4 is 5.91 Å². The predicted molar refractivity (Wildman–Crippen MR) is 78.1 cm³/mol. The molecule has 1 heterocycles. The van der Waals surface area contributed by atoms with Crippen LogP contribution in [0.3, 0.4) is 0 Å². The average molecular weight is 269 g/mol. The highest BCUT2D eigenvalue weighted by atomic mass is 16.2. The lowest BCUT2D eigenvalue weighted by molar-refractivity contribution is 0.0665. The second-order valence-electron chi connectivity index (χ2n) is 4.77. The molecule has 0 radical (unpaired) electrons. The summed E-state index contributed by atoms with van der Waals surface area (Å²) in [7, 11) is 0. The molecule has 0 aliphatic carbocycles. The summed E-state index contributed by atoms with van der Waals surface area (Å²) in [5.74, 6) is -0.0729. The van der Waals surface area contributed by atoms with E-state index in [-0.39, 0.29) is 11.9 Å². The zero-order chi connectivity index (χ0) is 14.4. The van der Waals surface area contributed by atoms with Crippen LogP contribution < -0.4 is 0 Å². The Morgan fingerprint density at radius 1 is 1.25 bits per heavy atom. The van der Waals surface area contributed by atoms with Crippen molar-refractivity contribution in [1.82, 2.24) is 14.9 Å². The van der Waals surface area contributed by atoms with Gasteiger partial charge in [-0.1, -0.05) is 37.3 Å². The summed E-state index contributed by atoms with van der Waals surface area (Å²) in [6.45, 7) is 4.72. The van der Waals surface area contributed by atoms with E-state index in [0.29, 0.717) is 12.2 Å². The Bertz CT molecular complexity index is 542. The van der Waals surface area contributed by atoms with E-state index >= 15 is 0 Å². The van der Waals surface area contributed by atoms with Crippen LogP contribution in [-0.4, -0.2) is 26.8 Å². The van der Waals surface area contributed by atoms with Crippen molar-refractivity contribution in [2.24, 2.45) is 0 Å². The molecule has 1 unspecified atom stereocenters. The van der Waals surface area contributed by atoms with Gasteiger partial charge in [0.15, 0.2) is 0 Å². The van der Waals surface area contributed by atoms with Gasteiger partial charge in [0.25, 0.3) is 5.91 Å². The number of nitrogens with zero attached hydrogens (tertiary/aromatic N) is 3. The van der Waals surface area contributed by atoms with E-state index in [1.54, 1.807) is 12.4 Å². The third-order valence-electron chi connectivity index (χ3n) is 3.36. The highest BCUT2D eigenvalue weighted by Crippen LogP contribution is 2.13. The molecule has 0 saturated carbocycles. The van der Waals surface area contributed by atoms with Crippen LogP contribution in [-0.2, 0) is 6.54 Å². The van der Waals surface area contributed by atoms with E-state index in [2.05, 4.69) is 23.8 Å². The van der Waals surface area contributed by atoms with Gasteiger partial charge in [0.2, 0.25) is 0 Å². The van der Waals surface area contributed by atoms with Crippen molar-refractivity contribution < 1.29 is 4.79 Å². The molecule has 1 aromatic heterocycles. The van der Waals surface area contributed by atoms with Gasteiger partial charge in [-0.05, 0) is 18.9 Å². The first-order chi connectivity index (χ1) is 9.72. The first-order valence-electron chi connectivity index (χ1n) is 6.83. The average Bonchev–Trinajstić information content (AvgIpc) is 2.53. The third kappa shape index (κ3) is 3.41. The molecule has 20 heavy (non-hydrogen) atoms. The SMILES string of the molecule is CCC(C)N(Cc1ccccc1)C(=O)c1cnccn1. The molecule has 0 N–H and O–H groups in total. The summed E-state index contributed by atoms with van der Waals surface area (Å²) in [6.07, 6.45) is 5.54. The normalized spacial score (nSPS) is 11.9. The smallest absolute Gasteiger partial charge is 0.274 e. The number of carbonyl (C=O) groups excluding carboxylic acids is 1. The Morgan fingerprint density at radius 2 is 2.00 bits per heavy atom. The van der Waals surface area contributed by atoms with E-state index in [1.807, 2.05) is 35.2 Å². The number of rotatable bonds is 5. The van der Waals surface area contributed by atoms with Crippen molar-refractivity contribution in [1.29, 1.82) is 0 Å². The molecule has 0 saturated heterocycles. The Kier molecular flexibility index (Phi) is 4.82. The van der Waals surface area contributed by atoms with Gasteiger partial charge >= 0.3 is 0 Å². The lowest BCUT2D eigenvalue weighted by Gasteiger charge is -2.28. The maximum atomic E-state index is 12.6. The van der Waals surface area contributed by atoms with E-state index in [4.69, 9.17) is 0 Å². The van der Waals surface area contributed by atoms with Crippen LogP contribution in [0.2, 0.25) is 0 Å². The Hall–Kier alpha value is -2.23. The Morgan fingerprint density at radius 3 is 2.60 bits per heavy atom. The molecule has 0 bridgehead atoms. The summed E-state index contributed by atoms with van der Waals surface area (Å²) in [5, 5.41) is 0. The van der Waals surface area contributed by atoms with E-state index in [0.717, 1.165) is 12.0 Å². The Labute approximate surface area is 119 Å². The highest BCUT2D eigenvalue weighted by Gasteiger charge is 2.21. The molecule has 0 aliphatic rings. The summed E-state index contributed by atoms with van der Waals surface area (Å²) < 4.78 is 0. The van der Waals surface area contributed by atoms with Crippen molar-refractivity contribution in [3.05, 3.63) is 60.2 Å². The molecule has 1 aromatic carbocycles. The fourth-order valence-electron chi connectivity index (χ4n) is 1.98. The molecule has 1 amide bonds. The van der Waals surface area contributed by atoms with Crippen LogP contribution in [0.4, 0.5) is 0 Å². The van der Waals surface area contributed by atoms with Crippen LogP contribution >= 0.6 is 0 Å². The maximum Gasteiger partial charge on any atom is 0.274 e. The van der Waals surface area contributed by atoms with Crippen LogP contribution in [0.5, 0.6) is 0 Å². The second-order valence-corrected chi connectivity index (χ2v) is 4.77. The van der Waals surface area contributed by atoms with Crippen LogP contribution in [0, 0.1) is 0 Å². The number of hydrogen-bond acceptors (Lipinski definition) is 3. The molecule has 4 nitrogen and oxygen atoms in total. The van der Waals surface area contributed by atoms with Crippen molar-refractivity contribution in [2.45, 2.75) is 32.9 Å². The van der Waals surface area contributed by atoms with Crippen molar-refractivity contribution in [3.8, 4) is 0 Å². The number of hydrogen-bond donors (Lipinski definition) is 0. The quantitative estimate of drug-likeness (QED) is 0.838. The minimum absolute atomic E-state index is 0.0729. The third-order valence-corrected chi connectivity index (χ3v) is 3.36. The van der Waals surface area contributed by atoms with Crippen LogP contribution in [0.25, 0.3) is 0 Å². The van der Waals surface area contributed by atoms with E-state index in [1.165, 1.54) is 6.20 Å². The van der Waals surface area contributed by atoms with E-state index in [9.17, 15) is 4.79 Å². The zero-order valence-electron chi connectivity index (χ0n) is 11.9. The standard InChI is InChI=1S/C16H19N3O/c1-3-13(2)19(12-14-7-5-4-6-8-14)16(20)15-11-17-9-10-18-15/h4-11,13H,3,12H2,1-2H3. The number of benzene rings is 1. The first-order valence-corrected chi connectivity index (χ1v) is 6.83. The molecule has 4 heteroatoms. The fourth-order valence-corrected chi connectivity index (χ4v) is 1.98. The number of aromatic nitrogens is 2. The van der Waals surface area contributed by atoms with Crippen molar-refractivity contribution in [2.75, 3.05) is 0 Å². The lowest BCUT2D eigenvalue weighted by Crippen LogP contribution is -2.38. The van der Waals surface area contributed by atoms with Crippen molar-refractivity contribution in [3.63, 3.8) is 0 Å². The molecule has 0 fully saturated rings. The summed E-state index contributed by atoms with van der Waals surface area (Å²) >= 11 is 0. The number of carbonyl (C=O) groups is 1. The van der Waals surface area contributed by atoms with Gasteiger partial charge in [-0.3, -0.25) is 9.78 Å². The molecule has 104 valence electrons. The van der Waals surface area contributed by atoms with Crippen LogP contribution in [0.15, 0.2) is 48.9 Å². The molecule has 0 aliphatic heterocycles. The minimum atomic E-state index is -0.0729. The molecule has 1 atom stereocenters. The molecule has 2 aromatic rings. The zero-order valence-corrected chi connectivity index (χ0v) is 11.9. The van der Waals surface area contributed by atoms with Gasteiger partial charge in [-0.2, -0.15) is 0 Å². The molecule has 2 rings (SSSR count). The maximum absolute atomic E-state index is 12.6. The largest absolute Gasteiger partial charge is 0.330 e. The van der Waals surface area contributed by atoms with Gasteiger partial charge in [-0.25, -0.2) is 4.98 Å². The first kappa shape index (κ1) is 14.2. The van der Waals surface area contributed by atoms with Crippen LogP contribution in [0.1, 0.15) is 36.3 Å². The van der Waals surface area contributed by atoms with Gasteiger partial charge in [0.05, 0.1) is 6.20 Å². The monoisotopic (exact) mass is 269 g/mol. The fraction of sp³-hybridized carbons (Fsp3) is 0.312. The number of amides is 1. The Balaban J connectivity index is 2.22.